The van der Waals surface area contributed by atoms with E-state index in [0.717, 1.165) is 22.5 Å². The molecular weight excluding hydrogens is 348 g/mol. The van der Waals surface area contributed by atoms with Crippen molar-refractivity contribution in [2.45, 2.75) is 12.6 Å². The number of anilines is 2. The monoisotopic (exact) mass is 369 g/mol. The fourth-order valence-corrected chi connectivity index (χ4v) is 3.13. The molecule has 0 spiro atoms. The fourth-order valence-electron chi connectivity index (χ4n) is 2.92. The summed E-state index contributed by atoms with van der Waals surface area (Å²) in [5.74, 6) is 1.44. The number of benzene rings is 2. The summed E-state index contributed by atoms with van der Waals surface area (Å²) in [7, 11) is 5.65. The second-order valence-electron chi connectivity index (χ2n) is 6.14. The molecule has 5 nitrogen and oxygen atoms in total. The number of aromatic nitrogens is 2. The highest BCUT2D eigenvalue weighted by atomic mass is 35.5. The van der Waals surface area contributed by atoms with Crippen molar-refractivity contribution >= 4 is 34.1 Å². The Hall–Kier alpha value is -2.37. The summed E-state index contributed by atoms with van der Waals surface area (Å²) in [4.78, 5) is 13.5. The quantitative estimate of drug-likeness (QED) is 0.596. The molecule has 26 heavy (non-hydrogen) atoms. The van der Waals surface area contributed by atoms with Crippen LogP contribution in [0.25, 0.3) is 11.0 Å². The maximum absolute atomic E-state index is 6.54. The zero-order chi connectivity index (χ0) is 18.7. The van der Waals surface area contributed by atoms with Crippen LogP contribution in [-0.2, 0) is 0 Å². The molecule has 1 unspecified atom stereocenters. The van der Waals surface area contributed by atoms with E-state index in [1.165, 1.54) is 0 Å². The molecule has 0 saturated carbocycles. The fraction of sp³-hybridized carbons (Fsp3) is 0.250. The van der Waals surface area contributed by atoms with Gasteiger partial charge < -0.3 is 9.64 Å². The van der Waals surface area contributed by atoms with E-state index < -0.39 is 0 Å². The molecule has 0 saturated heterocycles. The first kappa shape index (κ1) is 18.4. The SMILES string of the molecule is [CH2]CC(N(C)C)N(c1cnc2ccccc2n1)c1cc(OC)ccc1Cl. The molecule has 0 N–H and O–H groups in total. The van der Waals surface area contributed by atoms with Gasteiger partial charge in [-0.3, -0.25) is 9.88 Å². The van der Waals surface area contributed by atoms with Crippen LogP contribution < -0.4 is 9.64 Å². The largest absolute Gasteiger partial charge is 0.497 e. The van der Waals surface area contributed by atoms with Crippen LogP contribution in [-0.4, -0.2) is 42.2 Å². The lowest BCUT2D eigenvalue weighted by Crippen LogP contribution is -2.42. The first-order valence-corrected chi connectivity index (χ1v) is 8.73. The number of rotatable bonds is 6. The van der Waals surface area contributed by atoms with Gasteiger partial charge in [0, 0.05) is 6.07 Å². The lowest BCUT2D eigenvalue weighted by molar-refractivity contribution is 0.297. The van der Waals surface area contributed by atoms with Crippen molar-refractivity contribution in [3.05, 3.63) is 60.6 Å². The van der Waals surface area contributed by atoms with Gasteiger partial charge in [0.1, 0.15) is 5.75 Å². The van der Waals surface area contributed by atoms with Gasteiger partial charge in [0.25, 0.3) is 0 Å². The molecule has 0 fully saturated rings. The molecule has 0 amide bonds. The first-order valence-electron chi connectivity index (χ1n) is 8.35. The average molecular weight is 370 g/mol. The van der Waals surface area contributed by atoms with Crippen LogP contribution in [0.2, 0.25) is 5.02 Å². The first-order chi connectivity index (χ1) is 12.5. The summed E-state index contributed by atoms with van der Waals surface area (Å²) in [6.07, 6.45) is 2.36. The number of hydrogen-bond acceptors (Lipinski definition) is 5. The normalized spacial score (nSPS) is 12.4. The van der Waals surface area contributed by atoms with Crippen molar-refractivity contribution in [2.75, 3.05) is 26.1 Å². The number of fused-ring (bicyclic) bond motifs is 1. The maximum Gasteiger partial charge on any atom is 0.153 e. The Balaban J connectivity index is 2.20. The summed E-state index contributed by atoms with van der Waals surface area (Å²) in [6.45, 7) is 4.11. The van der Waals surface area contributed by atoms with Gasteiger partial charge in [-0.2, -0.15) is 0 Å². The van der Waals surface area contributed by atoms with Gasteiger partial charge in [0.15, 0.2) is 5.82 Å². The Morgan fingerprint density at radius 2 is 1.88 bits per heavy atom. The number of hydrogen-bond donors (Lipinski definition) is 0. The molecule has 3 aromatic rings. The van der Waals surface area contributed by atoms with Crippen LogP contribution in [0.4, 0.5) is 11.5 Å². The van der Waals surface area contributed by atoms with Gasteiger partial charge in [-0.15, -0.1) is 0 Å². The van der Waals surface area contributed by atoms with Crippen LogP contribution in [0.15, 0.2) is 48.7 Å². The van der Waals surface area contributed by atoms with Gasteiger partial charge in [-0.25, -0.2) is 4.98 Å². The number of para-hydroxylation sites is 2. The van der Waals surface area contributed by atoms with Crippen LogP contribution in [0.3, 0.4) is 0 Å². The minimum Gasteiger partial charge on any atom is -0.497 e. The molecule has 2 aromatic carbocycles. The van der Waals surface area contributed by atoms with E-state index in [0.29, 0.717) is 17.3 Å². The van der Waals surface area contributed by atoms with E-state index in [1.807, 2.05) is 56.6 Å². The molecule has 6 heteroatoms. The third-order valence-electron chi connectivity index (χ3n) is 4.25. The number of ether oxygens (including phenoxy) is 1. The molecular formula is C20H22ClN4O. The molecule has 1 radical (unpaired) electrons. The van der Waals surface area contributed by atoms with E-state index in [2.05, 4.69) is 21.7 Å². The van der Waals surface area contributed by atoms with E-state index in [9.17, 15) is 0 Å². The second kappa shape index (κ2) is 7.89. The molecule has 0 bridgehead atoms. The van der Waals surface area contributed by atoms with E-state index in [1.54, 1.807) is 13.3 Å². The van der Waals surface area contributed by atoms with Gasteiger partial charge in [-0.05, 0) is 51.7 Å². The summed E-state index contributed by atoms with van der Waals surface area (Å²) in [5, 5.41) is 0.612. The van der Waals surface area contributed by atoms with Gasteiger partial charge in [0.2, 0.25) is 0 Å². The van der Waals surface area contributed by atoms with Crippen molar-refractivity contribution in [3.8, 4) is 5.75 Å². The van der Waals surface area contributed by atoms with Gasteiger partial charge in [0.05, 0.1) is 41.2 Å². The van der Waals surface area contributed by atoms with Crippen LogP contribution >= 0.6 is 11.6 Å². The molecule has 1 heterocycles. The minimum absolute atomic E-state index is 0.0462. The predicted octanol–water partition coefficient (Wildman–Crippen LogP) is 4.54. The summed E-state index contributed by atoms with van der Waals surface area (Å²) >= 11 is 6.54. The molecule has 0 aliphatic heterocycles. The van der Waals surface area contributed by atoms with E-state index >= 15 is 0 Å². The molecule has 3 rings (SSSR count). The highest BCUT2D eigenvalue weighted by Gasteiger charge is 2.25. The Morgan fingerprint density at radius 3 is 2.54 bits per heavy atom. The minimum atomic E-state index is -0.0462. The highest BCUT2D eigenvalue weighted by Crippen LogP contribution is 2.37. The van der Waals surface area contributed by atoms with Crippen molar-refractivity contribution in [1.82, 2.24) is 14.9 Å². The van der Waals surface area contributed by atoms with Gasteiger partial charge >= 0.3 is 0 Å². The zero-order valence-corrected chi connectivity index (χ0v) is 15.9. The second-order valence-corrected chi connectivity index (χ2v) is 6.54. The molecule has 1 aromatic heterocycles. The van der Waals surface area contributed by atoms with Crippen molar-refractivity contribution in [2.24, 2.45) is 0 Å². The lowest BCUT2D eigenvalue weighted by Gasteiger charge is -2.36. The predicted molar refractivity (Wildman–Crippen MR) is 107 cm³/mol. The van der Waals surface area contributed by atoms with Crippen molar-refractivity contribution in [3.63, 3.8) is 0 Å². The maximum atomic E-state index is 6.54. The number of methoxy groups -OCH3 is 1. The Morgan fingerprint density at radius 1 is 1.15 bits per heavy atom. The van der Waals surface area contributed by atoms with Crippen LogP contribution in [0.5, 0.6) is 5.75 Å². The van der Waals surface area contributed by atoms with Crippen LogP contribution in [0.1, 0.15) is 6.42 Å². The Kier molecular flexibility index (Phi) is 5.59. The standard InChI is InChI=1S/C20H22ClN4O/c1-5-20(24(2)3)25(18-12-14(26-4)10-11-15(18)21)19-13-22-16-8-6-7-9-17(16)23-19/h6-13,20H,1,5H2,2-4H3. The average Bonchev–Trinajstić information content (AvgIpc) is 2.66. The smallest absolute Gasteiger partial charge is 0.153 e. The Bertz CT molecular complexity index is 900. The summed E-state index contributed by atoms with van der Waals surface area (Å²) in [5.41, 5.74) is 2.48. The molecule has 135 valence electrons. The lowest BCUT2D eigenvalue weighted by atomic mass is 10.2. The van der Waals surface area contributed by atoms with E-state index in [4.69, 9.17) is 21.3 Å². The van der Waals surface area contributed by atoms with E-state index in [-0.39, 0.29) is 6.17 Å². The highest BCUT2D eigenvalue weighted by molar-refractivity contribution is 6.33. The zero-order valence-electron chi connectivity index (χ0n) is 15.2. The number of halogens is 1. The summed E-state index contributed by atoms with van der Waals surface area (Å²) in [6, 6.07) is 13.4. The number of nitrogens with zero attached hydrogens (tertiary/aromatic N) is 4. The van der Waals surface area contributed by atoms with Crippen LogP contribution in [0, 0.1) is 6.92 Å². The summed E-state index contributed by atoms with van der Waals surface area (Å²) < 4.78 is 5.39. The third-order valence-corrected chi connectivity index (χ3v) is 4.57. The topological polar surface area (TPSA) is 41.5 Å². The Labute approximate surface area is 159 Å². The van der Waals surface area contributed by atoms with Crippen molar-refractivity contribution in [1.29, 1.82) is 0 Å². The molecule has 0 aliphatic carbocycles. The molecule has 0 aliphatic rings. The van der Waals surface area contributed by atoms with Gasteiger partial charge in [-0.1, -0.05) is 23.7 Å². The third kappa shape index (κ3) is 3.59. The molecule has 1 atom stereocenters. The van der Waals surface area contributed by atoms with Crippen molar-refractivity contribution < 1.29 is 4.74 Å².